The van der Waals surface area contributed by atoms with Gasteiger partial charge in [-0.1, -0.05) is 34.5 Å². The number of hydrogen-bond donors (Lipinski definition) is 2. The van der Waals surface area contributed by atoms with Gasteiger partial charge in [0.15, 0.2) is 0 Å². The van der Waals surface area contributed by atoms with E-state index in [4.69, 9.17) is 5.73 Å². The molecule has 2 bridgehead atoms. The average Bonchev–Trinajstić information content (AvgIpc) is 2.98. The molecule has 3 rings (SSSR count). The third kappa shape index (κ3) is 1.84. The Morgan fingerprint density at radius 2 is 2.28 bits per heavy atom. The van der Waals surface area contributed by atoms with E-state index >= 15 is 0 Å². The van der Waals surface area contributed by atoms with Gasteiger partial charge in [0.1, 0.15) is 0 Å². The molecule has 2 saturated carbocycles. The predicted molar refractivity (Wildman–Crippen MR) is 76.0 cm³/mol. The maximum atomic E-state index is 10.8. The first kappa shape index (κ1) is 12.6. The molecule has 2 fully saturated rings. The Kier molecular flexibility index (Phi) is 3.25. The Hall–Kier alpha value is -0.380. The predicted octanol–water partition coefficient (Wildman–Crippen LogP) is 3.25. The highest BCUT2D eigenvalue weighted by Crippen LogP contribution is 2.60. The molecule has 1 aromatic carbocycles. The van der Waals surface area contributed by atoms with Crippen molar-refractivity contribution < 1.29 is 5.11 Å². The topological polar surface area (TPSA) is 46.2 Å². The summed E-state index contributed by atoms with van der Waals surface area (Å²) in [6.07, 6.45) is 4.52. The van der Waals surface area contributed by atoms with Crippen LogP contribution in [0.15, 0.2) is 28.7 Å². The van der Waals surface area contributed by atoms with Crippen LogP contribution in [-0.4, -0.2) is 11.7 Å². The molecule has 1 aromatic rings. The molecule has 4 unspecified atom stereocenters. The Labute approximate surface area is 117 Å². The van der Waals surface area contributed by atoms with Crippen LogP contribution >= 0.6 is 15.9 Å². The SMILES string of the molecule is NCC1(C(O)c2cccc(Br)c2)CC2CCC1C2. The summed E-state index contributed by atoms with van der Waals surface area (Å²) in [6.45, 7) is 0.599. The molecule has 0 aliphatic heterocycles. The van der Waals surface area contributed by atoms with Crippen LogP contribution in [0.5, 0.6) is 0 Å². The molecule has 0 amide bonds. The standard InChI is InChI=1S/C15H20BrNO/c16-13-3-1-2-11(7-13)14(18)15(9-17)8-10-4-5-12(15)6-10/h1-3,7,10,12,14,18H,4-6,8-9,17H2. The van der Waals surface area contributed by atoms with E-state index in [1.807, 2.05) is 24.3 Å². The van der Waals surface area contributed by atoms with Gasteiger partial charge in [-0.2, -0.15) is 0 Å². The van der Waals surface area contributed by atoms with E-state index in [1.165, 1.54) is 19.3 Å². The summed E-state index contributed by atoms with van der Waals surface area (Å²) in [7, 11) is 0. The largest absolute Gasteiger partial charge is 0.388 e. The van der Waals surface area contributed by atoms with Crippen molar-refractivity contribution >= 4 is 15.9 Å². The lowest BCUT2D eigenvalue weighted by Gasteiger charge is -2.41. The van der Waals surface area contributed by atoms with E-state index in [-0.39, 0.29) is 5.41 Å². The van der Waals surface area contributed by atoms with Crippen molar-refractivity contribution in [3.8, 4) is 0 Å². The van der Waals surface area contributed by atoms with Crippen molar-refractivity contribution in [2.45, 2.75) is 31.8 Å². The van der Waals surface area contributed by atoms with Gasteiger partial charge in [0.05, 0.1) is 6.10 Å². The van der Waals surface area contributed by atoms with Crippen LogP contribution in [0.2, 0.25) is 0 Å². The molecule has 0 saturated heterocycles. The van der Waals surface area contributed by atoms with E-state index in [9.17, 15) is 5.11 Å². The Morgan fingerprint density at radius 1 is 1.44 bits per heavy atom. The zero-order chi connectivity index (χ0) is 12.8. The van der Waals surface area contributed by atoms with Crippen LogP contribution in [0.1, 0.15) is 37.4 Å². The lowest BCUT2D eigenvalue weighted by atomic mass is 9.67. The summed E-state index contributed by atoms with van der Waals surface area (Å²) in [4.78, 5) is 0. The minimum Gasteiger partial charge on any atom is -0.388 e. The zero-order valence-corrected chi connectivity index (χ0v) is 12.1. The number of aliphatic hydroxyl groups is 1. The number of hydrogen-bond acceptors (Lipinski definition) is 2. The van der Waals surface area contributed by atoms with Crippen molar-refractivity contribution in [3.63, 3.8) is 0 Å². The number of benzene rings is 1. The molecule has 0 aromatic heterocycles. The van der Waals surface area contributed by atoms with Crippen LogP contribution in [0.3, 0.4) is 0 Å². The van der Waals surface area contributed by atoms with Crippen molar-refractivity contribution in [2.24, 2.45) is 23.0 Å². The Morgan fingerprint density at radius 3 is 2.83 bits per heavy atom. The fourth-order valence-electron chi connectivity index (χ4n) is 4.19. The number of aliphatic hydroxyl groups excluding tert-OH is 1. The molecule has 98 valence electrons. The monoisotopic (exact) mass is 309 g/mol. The lowest BCUT2D eigenvalue weighted by molar-refractivity contribution is -0.0130. The summed E-state index contributed by atoms with van der Waals surface area (Å²) >= 11 is 3.48. The molecule has 0 heterocycles. The first-order valence-electron chi connectivity index (χ1n) is 6.79. The summed E-state index contributed by atoms with van der Waals surface area (Å²) in [5, 5.41) is 10.8. The van der Waals surface area contributed by atoms with Crippen molar-refractivity contribution in [1.82, 2.24) is 0 Å². The first-order chi connectivity index (χ1) is 8.65. The van der Waals surface area contributed by atoms with Gasteiger partial charge in [0, 0.05) is 16.4 Å². The van der Waals surface area contributed by atoms with Gasteiger partial charge in [0.25, 0.3) is 0 Å². The number of fused-ring (bicyclic) bond motifs is 2. The number of halogens is 1. The van der Waals surface area contributed by atoms with Crippen LogP contribution in [0.4, 0.5) is 0 Å². The summed E-state index contributed by atoms with van der Waals surface area (Å²) < 4.78 is 1.02. The molecule has 0 spiro atoms. The summed E-state index contributed by atoms with van der Waals surface area (Å²) in [5.74, 6) is 1.40. The summed E-state index contributed by atoms with van der Waals surface area (Å²) in [6, 6.07) is 8.01. The van der Waals surface area contributed by atoms with Gasteiger partial charge >= 0.3 is 0 Å². The molecular weight excluding hydrogens is 290 g/mol. The molecular formula is C15H20BrNO. The number of nitrogens with two attached hydrogens (primary N) is 1. The molecule has 3 heteroatoms. The Bertz CT molecular complexity index is 450. The van der Waals surface area contributed by atoms with Crippen molar-refractivity contribution in [1.29, 1.82) is 0 Å². The van der Waals surface area contributed by atoms with E-state index in [0.717, 1.165) is 22.4 Å². The highest BCUT2D eigenvalue weighted by Gasteiger charge is 2.54. The first-order valence-corrected chi connectivity index (χ1v) is 7.58. The highest BCUT2D eigenvalue weighted by atomic mass is 79.9. The van der Waals surface area contributed by atoms with Gasteiger partial charge in [-0.05, 0) is 48.8 Å². The third-order valence-electron chi connectivity index (χ3n) is 5.11. The van der Waals surface area contributed by atoms with Crippen molar-refractivity contribution in [3.05, 3.63) is 34.3 Å². The van der Waals surface area contributed by atoms with E-state index in [2.05, 4.69) is 15.9 Å². The van der Waals surface area contributed by atoms with Crippen LogP contribution in [0, 0.1) is 17.3 Å². The second kappa shape index (κ2) is 4.62. The Balaban J connectivity index is 1.93. The normalized spacial score (nSPS) is 35.9. The second-order valence-electron chi connectivity index (χ2n) is 5.97. The van der Waals surface area contributed by atoms with Gasteiger partial charge < -0.3 is 10.8 Å². The third-order valence-corrected chi connectivity index (χ3v) is 5.61. The molecule has 4 atom stereocenters. The lowest BCUT2D eigenvalue weighted by Crippen LogP contribution is -2.41. The van der Waals surface area contributed by atoms with Gasteiger partial charge in [-0.15, -0.1) is 0 Å². The fourth-order valence-corrected chi connectivity index (χ4v) is 4.61. The van der Waals surface area contributed by atoms with Gasteiger partial charge in [-0.3, -0.25) is 0 Å². The molecule has 2 aliphatic rings. The molecule has 0 radical (unpaired) electrons. The second-order valence-corrected chi connectivity index (χ2v) is 6.89. The minimum absolute atomic E-state index is 0.0797. The molecule has 18 heavy (non-hydrogen) atoms. The van der Waals surface area contributed by atoms with Gasteiger partial charge in [-0.25, -0.2) is 0 Å². The molecule has 2 aliphatic carbocycles. The average molecular weight is 310 g/mol. The zero-order valence-electron chi connectivity index (χ0n) is 10.5. The molecule has 2 nitrogen and oxygen atoms in total. The quantitative estimate of drug-likeness (QED) is 0.900. The highest BCUT2D eigenvalue weighted by molar-refractivity contribution is 9.10. The van der Waals surface area contributed by atoms with E-state index in [0.29, 0.717) is 12.5 Å². The van der Waals surface area contributed by atoms with Crippen LogP contribution in [-0.2, 0) is 0 Å². The van der Waals surface area contributed by atoms with Crippen LogP contribution < -0.4 is 5.73 Å². The van der Waals surface area contributed by atoms with Crippen molar-refractivity contribution in [2.75, 3.05) is 6.54 Å². The number of rotatable bonds is 3. The summed E-state index contributed by atoms with van der Waals surface area (Å²) in [5.41, 5.74) is 6.98. The van der Waals surface area contributed by atoms with E-state index < -0.39 is 6.10 Å². The van der Waals surface area contributed by atoms with Gasteiger partial charge in [0.2, 0.25) is 0 Å². The minimum atomic E-state index is -0.421. The maximum Gasteiger partial charge on any atom is 0.0861 e. The van der Waals surface area contributed by atoms with E-state index in [1.54, 1.807) is 0 Å². The van der Waals surface area contributed by atoms with Crippen LogP contribution in [0.25, 0.3) is 0 Å². The maximum absolute atomic E-state index is 10.8. The fraction of sp³-hybridized carbons (Fsp3) is 0.600. The smallest absolute Gasteiger partial charge is 0.0861 e. The molecule has 3 N–H and O–H groups in total.